The van der Waals surface area contributed by atoms with Crippen molar-refractivity contribution < 1.29 is 9.18 Å². The van der Waals surface area contributed by atoms with Crippen LogP contribution in [0.5, 0.6) is 0 Å². The van der Waals surface area contributed by atoms with E-state index in [0.29, 0.717) is 13.1 Å². The number of rotatable bonds is 3. The Morgan fingerprint density at radius 1 is 1.22 bits per heavy atom. The van der Waals surface area contributed by atoms with E-state index in [2.05, 4.69) is 15.2 Å². The summed E-state index contributed by atoms with van der Waals surface area (Å²) in [7, 11) is 1.87. The number of hydrogen-bond donors (Lipinski definition) is 0. The number of hydrogen-bond acceptors (Lipinski definition) is 4. The minimum absolute atomic E-state index is 0.150. The number of aryl methyl sites for hydroxylation is 1. The van der Waals surface area contributed by atoms with Gasteiger partial charge in [-0.3, -0.25) is 14.4 Å². The summed E-state index contributed by atoms with van der Waals surface area (Å²) in [6.45, 7) is 3.65. The van der Waals surface area contributed by atoms with E-state index in [1.54, 1.807) is 34.0 Å². The number of benzene rings is 1. The minimum Gasteiger partial charge on any atom is -0.337 e. The second kappa shape index (κ2) is 6.87. The molecular formula is C16H20FN5O. The molecule has 1 fully saturated rings. The van der Waals surface area contributed by atoms with Crippen molar-refractivity contribution in [3.8, 4) is 0 Å². The van der Waals surface area contributed by atoms with Gasteiger partial charge in [-0.1, -0.05) is 17.3 Å². The lowest BCUT2D eigenvalue weighted by molar-refractivity contribution is 0.0756. The smallest absolute Gasteiger partial charge is 0.256 e. The first kappa shape index (κ1) is 15.6. The highest BCUT2D eigenvalue weighted by molar-refractivity contribution is 5.94. The maximum absolute atomic E-state index is 13.8. The highest BCUT2D eigenvalue weighted by Crippen LogP contribution is 2.13. The van der Waals surface area contributed by atoms with E-state index >= 15 is 0 Å². The molecule has 122 valence electrons. The topological polar surface area (TPSA) is 54.3 Å². The third kappa shape index (κ3) is 3.56. The van der Waals surface area contributed by atoms with Gasteiger partial charge >= 0.3 is 0 Å². The number of carbonyl (C=O) groups excluding carboxylic acids is 1. The van der Waals surface area contributed by atoms with Gasteiger partial charge in [0.2, 0.25) is 0 Å². The van der Waals surface area contributed by atoms with E-state index in [0.717, 1.165) is 31.7 Å². The fourth-order valence-electron chi connectivity index (χ4n) is 2.82. The number of carbonyl (C=O) groups is 1. The molecule has 1 aromatic carbocycles. The van der Waals surface area contributed by atoms with E-state index in [1.165, 1.54) is 6.07 Å². The molecule has 1 aromatic heterocycles. The fraction of sp³-hybridized carbons (Fsp3) is 0.438. The van der Waals surface area contributed by atoms with Crippen LogP contribution < -0.4 is 0 Å². The zero-order valence-corrected chi connectivity index (χ0v) is 13.2. The molecule has 0 saturated carbocycles. The van der Waals surface area contributed by atoms with Gasteiger partial charge in [0.15, 0.2) is 0 Å². The zero-order valence-electron chi connectivity index (χ0n) is 13.2. The van der Waals surface area contributed by atoms with Crippen LogP contribution in [-0.4, -0.2) is 56.9 Å². The van der Waals surface area contributed by atoms with Crippen LogP contribution in [0.15, 0.2) is 30.5 Å². The van der Waals surface area contributed by atoms with E-state index < -0.39 is 5.82 Å². The summed E-state index contributed by atoms with van der Waals surface area (Å²) < 4.78 is 15.6. The molecule has 0 aliphatic carbocycles. The molecule has 2 aromatic rings. The predicted octanol–water partition coefficient (Wildman–Crippen LogP) is 1.30. The Morgan fingerprint density at radius 3 is 2.78 bits per heavy atom. The maximum Gasteiger partial charge on any atom is 0.256 e. The molecule has 0 N–H and O–H groups in total. The monoisotopic (exact) mass is 317 g/mol. The molecule has 6 nitrogen and oxygen atoms in total. The lowest BCUT2D eigenvalue weighted by Crippen LogP contribution is -2.35. The Bertz CT molecular complexity index is 687. The molecule has 0 unspecified atom stereocenters. The molecule has 1 aliphatic heterocycles. The molecule has 0 radical (unpaired) electrons. The molecule has 1 amide bonds. The van der Waals surface area contributed by atoms with Crippen LogP contribution in [-0.2, 0) is 13.6 Å². The largest absolute Gasteiger partial charge is 0.337 e. The van der Waals surface area contributed by atoms with Gasteiger partial charge in [-0.2, -0.15) is 0 Å². The summed E-state index contributed by atoms with van der Waals surface area (Å²) in [5.74, 6) is -0.688. The van der Waals surface area contributed by atoms with Crippen LogP contribution in [0, 0.1) is 5.82 Å². The normalized spacial score (nSPS) is 16.3. The highest BCUT2D eigenvalue weighted by atomic mass is 19.1. The molecule has 1 aliphatic rings. The second-order valence-electron chi connectivity index (χ2n) is 5.75. The van der Waals surface area contributed by atoms with Gasteiger partial charge in [0.1, 0.15) is 5.82 Å². The summed E-state index contributed by atoms with van der Waals surface area (Å²) >= 11 is 0. The van der Waals surface area contributed by atoms with Crippen molar-refractivity contribution in [2.45, 2.75) is 13.0 Å². The number of amides is 1. The van der Waals surface area contributed by atoms with E-state index in [-0.39, 0.29) is 11.5 Å². The van der Waals surface area contributed by atoms with Crippen molar-refractivity contribution in [3.05, 3.63) is 47.5 Å². The zero-order chi connectivity index (χ0) is 16.2. The van der Waals surface area contributed by atoms with Gasteiger partial charge in [0, 0.05) is 39.8 Å². The fourth-order valence-corrected chi connectivity index (χ4v) is 2.82. The number of nitrogens with zero attached hydrogens (tertiary/aromatic N) is 5. The lowest BCUT2D eigenvalue weighted by atomic mass is 10.2. The van der Waals surface area contributed by atoms with Crippen LogP contribution in [0.1, 0.15) is 22.5 Å². The second-order valence-corrected chi connectivity index (χ2v) is 5.75. The van der Waals surface area contributed by atoms with Crippen molar-refractivity contribution in [3.63, 3.8) is 0 Å². The van der Waals surface area contributed by atoms with Crippen LogP contribution in [0.3, 0.4) is 0 Å². The molecule has 0 atom stereocenters. The first-order valence-electron chi connectivity index (χ1n) is 7.75. The predicted molar refractivity (Wildman–Crippen MR) is 83.2 cm³/mol. The molecule has 23 heavy (non-hydrogen) atoms. The molecule has 3 rings (SSSR count). The summed E-state index contributed by atoms with van der Waals surface area (Å²) in [5.41, 5.74) is 1.19. The average molecular weight is 317 g/mol. The lowest BCUT2D eigenvalue weighted by Gasteiger charge is -2.22. The standard InChI is InChI=1S/C16H20FN5O/c1-20-13(11-18-19-20)12-21-7-4-8-22(10-9-21)16(23)14-5-2-3-6-15(14)17/h2-3,5-6,11H,4,7-10,12H2,1H3. The third-order valence-electron chi connectivity index (χ3n) is 4.17. The SMILES string of the molecule is Cn1nncc1CN1CCCN(C(=O)c2ccccc2F)CC1. The van der Waals surface area contributed by atoms with Gasteiger partial charge < -0.3 is 4.90 Å². The molecule has 7 heteroatoms. The van der Waals surface area contributed by atoms with Crippen LogP contribution in [0.25, 0.3) is 0 Å². The molecule has 2 heterocycles. The van der Waals surface area contributed by atoms with Gasteiger partial charge in [0.05, 0.1) is 17.5 Å². The van der Waals surface area contributed by atoms with Crippen molar-refractivity contribution >= 4 is 5.91 Å². The summed E-state index contributed by atoms with van der Waals surface area (Å²) in [6.07, 6.45) is 2.62. The summed E-state index contributed by atoms with van der Waals surface area (Å²) in [5, 5.41) is 7.82. The Labute approximate surface area is 134 Å². The maximum atomic E-state index is 13.8. The number of halogens is 1. The quantitative estimate of drug-likeness (QED) is 0.856. The Hall–Kier alpha value is -2.28. The Balaban J connectivity index is 1.63. The highest BCUT2D eigenvalue weighted by Gasteiger charge is 2.22. The Morgan fingerprint density at radius 2 is 2.04 bits per heavy atom. The van der Waals surface area contributed by atoms with Crippen molar-refractivity contribution in [1.29, 1.82) is 0 Å². The van der Waals surface area contributed by atoms with Gasteiger partial charge in [-0.05, 0) is 18.6 Å². The number of aromatic nitrogens is 3. The first-order valence-corrected chi connectivity index (χ1v) is 7.75. The first-order chi connectivity index (χ1) is 11.1. The van der Waals surface area contributed by atoms with E-state index in [9.17, 15) is 9.18 Å². The van der Waals surface area contributed by atoms with Crippen molar-refractivity contribution in [2.24, 2.45) is 7.05 Å². The van der Waals surface area contributed by atoms with Gasteiger partial charge in [-0.15, -0.1) is 5.10 Å². The van der Waals surface area contributed by atoms with Crippen LogP contribution >= 0.6 is 0 Å². The van der Waals surface area contributed by atoms with Crippen molar-refractivity contribution in [2.75, 3.05) is 26.2 Å². The molecule has 0 spiro atoms. The third-order valence-corrected chi connectivity index (χ3v) is 4.17. The summed E-state index contributed by atoms with van der Waals surface area (Å²) in [6, 6.07) is 6.16. The van der Waals surface area contributed by atoms with Crippen molar-refractivity contribution in [1.82, 2.24) is 24.8 Å². The summed E-state index contributed by atoms with van der Waals surface area (Å²) in [4.78, 5) is 16.5. The molecule has 0 bridgehead atoms. The van der Waals surface area contributed by atoms with Gasteiger partial charge in [-0.25, -0.2) is 4.39 Å². The van der Waals surface area contributed by atoms with Crippen LogP contribution in [0.2, 0.25) is 0 Å². The Kier molecular flexibility index (Phi) is 4.66. The molecular weight excluding hydrogens is 297 g/mol. The van der Waals surface area contributed by atoms with E-state index in [4.69, 9.17) is 0 Å². The molecule has 1 saturated heterocycles. The van der Waals surface area contributed by atoms with E-state index in [1.807, 2.05) is 7.05 Å². The minimum atomic E-state index is -0.459. The average Bonchev–Trinajstić information content (AvgIpc) is 2.81. The van der Waals surface area contributed by atoms with Crippen LogP contribution in [0.4, 0.5) is 4.39 Å². The van der Waals surface area contributed by atoms with Gasteiger partial charge in [0.25, 0.3) is 5.91 Å².